The van der Waals surface area contributed by atoms with Crippen molar-refractivity contribution in [3.05, 3.63) is 52.5 Å². The van der Waals surface area contributed by atoms with E-state index in [1.807, 2.05) is 42.5 Å². The molecule has 0 fully saturated rings. The molecule has 2 aromatic rings. The molecule has 2 aromatic carbocycles. The van der Waals surface area contributed by atoms with Gasteiger partial charge in [0.2, 0.25) is 0 Å². The molecule has 6 heteroatoms. The van der Waals surface area contributed by atoms with Crippen LogP contribution in [0.1, 0.15) is 12.5 Å². The van der Waals surface area contributed by atoms with Crippen molar-refractivity contribution in [2.24, 2.45) is 0 Å². The maximum Gasteiger partial charge on any atom is 0.262 e. The number of amides is 1. The Kier molecular flexibility index (Phi) is 7.08. The molecule has 5 nitrogen and oxygen atoms in total. The number of halogens is 1. The van der Waals surface area contributed by atoms with Crippen molar-refractivity contribution in [1.29, 1.82) is 0 Å². The number of carbonyl (C=O) groups is 1. The lowest BCUT2D eigenvalue weighted by molar-refractivity contribution is -0.118. The van der Waals surface area contributed by atoms with E-state index in [1.165, 1.54) is 0 Å². The van der Waals surface area contributed by atoms with E-state index >= 15 is 0 Å². The average Bonchev–Trinajstić information content (AvgIpc) is 2.60. The lowest BCUT2D eigenvalue weighted by atomic mass is 10.2. The molecule has 0 bridgehead atoms. The van der Waals surface area contributed by atoms with Crippen LogP contribution in [0.3, 0.4) is 0 Å². The first-order chi connectivity index (χ1) is 11.6. The summed E-state index contributed by atoms with van der Waals surface area (Å²) in [5, 5.41) is 6.03. The van der Waals surface area contributed by atoms with Crippen LogP contribution in [0.2, 0.25) is 0 Å². The van der Waals surface area contributed by atoms with E-state index in [1.54, 1.807) is 7.11 Å². The molecular formula is C18H21BrN2O3. The first-order valence-electron chi connectivity index (χ1n) is 7.68. The van der Waals surface area contributed by atoms with Crippen molar-refractivity contribution in [2.75, 3.05) is 25.6 Å². The molecule has 0 spiro atoms. The number of methoxy groups -OCH3 is 1. The number of hydrogen-bond acceptors (Lipinski definition) is 4. The zero-order valence-electron chi connectivity index (χ0n) is 13.8. The Balaban J connectivity index is 1.92. The molecule has 0 aliphatic heterocycles. The van der Waals surface area contributed by atoms with E-state index in [9.17, 15) is 4.79 Å². The monoisotopic (exact) mass is 392 g/mol. The molecule has 0 aliphatic rings. The summed E-state index contributed by atoms with van der Waals surface area (Å²) < 4.78 is 11.9. The van der Waals surface area contributed by atoms with Gasteiger partial charge in [0.05, 0.1) is 7.11 Å². The van der Waals surface area contributed by atoms with Gasteiger partial charge in [0.1, 0.15) is 0 Å². The van der Waals surface area contributed by atoms with Crippen LogP contribution in [0.5, 0.6) is 11.5 Å². The number of hydrogen-bond donors (Lipinski definition) is 2. The Morgan fingerprint density at radius 2 is 1.88 bits per heavy atom. The van der Waals surface area contributed by atoms with E-state index in [-0.39, 0.29) is 12.5 Å². The number of carbonyl (C=O) groups excluding carboxylic acids is 1. The second-order valence-electron chi connectivity index (χ2n) is 5.11. The third-order valence-electron chi connectivity index (χ3n) is 3.29. The molecule has 0 radical (unpaired) electrons. The van der Waals surface area contributed by atoms with E-state index < -0.39 is 0 Å². The van der Waals surface area contributed by atoms with E-state index in [0.717, 1.165) is 28.8 Å². The van der Waals surface area contributed by atoms with Gasteiger partial charge in [-0.2, -0.15) is 0 Å². The number of anilines is 1. The predicted octanol–water partition coefficient (Wildman–Crippen LogP) is 3.58. The van der Waals surface area contributed by atoms with Gasteiger partial charge < -0.3 is 20.1 Å². The van der Waals surface area contributed by atoms with Crippen molar-refractivity contribution in [3.8, 4) is 11.5 Å². The van der Waals surface area contributed by atoms with Crippen LogP contribution in [0.25, 0.3) is 0 Å². The second-order valence-corrected chi connectivity index (χ2v) is 6.02. The van der Waals surface area contributed by atoms with Gasteiger partial charge in [-0.15, -0.1) is 0 Å². The van der Waals surface area contributed by atoms with Crippen LogP contribution < -0.4 is 20.1 Å². The third kappa shape index (κ3) is 5.54. The molecular weight excluding hydrogens is 372 g/mol. The first kappa shape index (κ1) is 18.3. The topological polar surface area (TPSA) is 59.6 Å². The lowest BCUT2D eigenvalue weighted by Gasteiger charge is -2.12. The summed E-state index contributed by atoms with van der Waals surface area (Å²) in [5.74, 6) is 0.932. The van der Waals surface area contributed by atoms with Gasteiger partial charge in [-0.1, -0.05) is 28.9 Å². The number of ether oxygens (including phenoxy) is 2. The summed E-state index contributed by atoms with van der Waals surface area (Å²) in [4.78, 5) is 12.0. The lowest BCUT2D eigenvalue weighted by Crippen LogP contribution is -2.20. The number of benzene rings is 2. The SMILES string of the molecule is CCNCc1ccc(OCC(=O)Nc2ccc(Br)cc2)c(OC)c1. The molecule has 0 saturated heterocycles. The first-order valence-corrected chi connectivity index (χ1v) is 8.47. The quantitative estimate of drug-likeness (QED) is 0.720. The third-order valence-corrected chi connectivity index (χ3v) is 3.82. The molecule has 1 amide bonds. The molecule has 0 atom stereocenters. The van der Waals surface area contributed by atoms with Crippen LogP contribution in [0.15, 0.2) is 46.9 Å². The van der Waals surface area contributed by atoms with Gasteiger partial charge in [0.15, 0.2) is 18.1 Å². The van der Waals surface area contributed by atoms with Crippen LogP contribution in [-0.2, 0) is 11.3 Å². The molecule has 0 heterocycles. The maximum atomic E-state index is 12.0. The minimum atomic E-state index is -0.226. The van der Waals surface area contributed by atoms with Gasteiger partial charge in [-0.05, 0) is 48.5 Å². The average molecular weight is 393 g/mol. The fourth-order valence-corrected chi connectivity index (χ4v) is 2.35. The highest BCUT2D eigenvalue weighted by atomic mass is 79.9. The zero-order valence-corrected chi connectivity index (χ0v) is 15.4. The number of nitrogens with one attached hydrogen (secondary N) is 2. The minimum absolute atomic E-state index is 0.0843. The summed E-state index contributed by atoms with van der Waals surface area (Å²) in [5.41, 5.74) is 1.82. The second kappa shape index (κ2) is 9.30. The zero-order chi connectivity index (χ0) is 17.4. The molecule has 2 N–H and O–H groups in total. The van der Waals surface area contributed by atoms with Crippen LogP contribution >= 0.6 is 15.9 Å². The summed E-state index contributed by atoms with van der Waals surface area (Å²) >= 11 is 3.35. The van der Waals surface area contributed by atoms with Crippen molar-refractivity contribution in [1.82, 2.24) is 5.32 Å². The highest BCUT2D eigenvalue weighted by Crippen LogP contribution is 2.28. The van der Waals surface area contributed by atoms with Crippen molar-refractivity contribution >= 4 is 27.5 Å². The molecule has 0 aromatic heterocycles. The van der Waals surface area contributed by atoms with Crippen molar-refractivity contribution in [3.63, 3.8) is 0 Å². The van der Waals surface area contributed by atoms with Crippen LogP contribution in [-0.4, -0.2) is 26.2 Å². The summed E-state index contributed by atoms with van der Waals surface area (Å²) in [7, 11) is 1.58. The molecule has 0 unspecified atom stereocenters. The van der Waals surface area contributed by atoms with Gasteiger partial charge in [-0.3, -0.25) is 4.79 Å². The molecule has 0 aliphatic carbocycles. The molecule has 2 rings (SSSR count). The molecule has 24 heavy (non-hydrogen) atoms. The normalized spacial score (nSPS) is 10.3. The Hall–Kier alpha value is -2.05. The minimum Gasteiger partial charge on any atom is -0.493 e. The highest BCUT2D eigenvalue weighted by Gasteiger charge is 2.09. The van der Waals surface area contributed by atoms with E-state index in [4.69, 9.17) is 9.47 Å². The van der Waals surface area contributed by atoms with E-state index in [2.05, 4.69) is 33.5 Å². The van der Waals surface area contributed by atoms with Gasteiger partial charge in [0.25, 0.3) is 5.91 Å². The molecule has 128 valence electrons. The van der Waals surface area contributed by atoms with Crippen LogP contribution in [0, 0.1) is 0 Å². The smallest absolute Gasteiger partial charge is 0.262 e. The van der Waals surface area contributed by atoms with Crippen molar-refractivity contribution < 1.29 is 14.3 Å². The Bertz CT molecular complexity index is 674. The predicted molar refractivity (Wildman–Crippen MR) is 98.6 cm³/mol. The summed E-state index contributed by atoms with van der Waals surface area (Å²) in [6.45, 7) is 3.63. The largest absolute Gasteiger partial charge is 0.493 e. The number of rotatable bonds is 8. The van der Waals surface area contributed by atoms with Gasteiger partial charge in [-0.25, -0.2) is 0 Å². The fraction of sp³-hybridized carbons (Fsp3) is 0.278. The molecule has 0 saturated carbocycles. The highest BCUT2D eigenvalue weighted by molar-refractivity contribution is 9.10. The Labute approximate surface area is 150 Å². The standard InChI is InChI=1S/C18H21BrN2O3/c1-3-20-11-13-4-9-16(17(10-13)23-2)24-12-18(22)21-15-7-5-14(19)6-8-15/h4-10,20H,3,11-12H2,1-2H3,(H,21,22). The Morgan fingerprint density at radius 3 is 2.54 bits per heavy atom. The van der Waals surface area contributed by atoms with Gasteiger partial charge in [0, 0.05) is 16.7 Å². The summed E-state index contributed by atoms with van der Waals surface area (Å²) in [6, 6.07) is 13.0. The Morgan fingerprint density at radius 1 is 1.12 bits per heavy atom. The maximum absolute atomic E-state index is 12.0. The van der Waals surface area contributed by atoms with Crippen molar-refractivity contribution in [2.45, 2.75) is 13.5 Å². The fourth-order valence-electron chi connectivity index (χ4n) is 2.08. The van der Waals surface area contributed by atoms with E-state index in [0.29, 0.717) is 11.5 Å². The van der Waals surface area contributed by atoms with Gasteiger partial charge >= 0.3 is 0 Å². The van der Waals surface area contributed by atoms with Crippen LogP contribution in [0.4, 0.5) is 5.69 Å². The summed E-state index contributed by atoms with van der Waals surface area (Å²) in [6.07, 6.45) is 0.